The van der Waals surface area contributed by atoms with Crippen molar-refractivity contribution in [3.8, 4) is 11.5 Å². The zero-order chi connectivity index (χ0) is 22.9. The molecule has 0 atom stereocenters. The summed E-state index contributed by atoms with van der Waals surface area (Å²) in [5.41, 5.74) is 2.57. The van der Waals surface area contributed by atoms with E-state index in [1.807, 2.05) is 36.4 Å². The number of nitrogens with one attached hydrogen (secondary N) is 2. The third-order valence-electron chi connectivity index (χ3n) is 4.62. The van der Waals surface area contributed by atoms with Gasteiger partial charge >= 0.3 is 5.97 Å². The molecule has 7 nitrogen and oxygen atoms in total. The summed E-state index contributed by atoms with van der Waals surface area (Å²) in [6.07, 6.45) is 0.238. The highest BCUT2D eigenvalue weighted by molar-refractivity contribution is 6.05. The summed E-state index contributed by atoms with van der Waals surface area (Å²) >= 11 is 0. The highest BCUT2D eigenvalue weighted by Crippen LogP contribution is 2.19. The van der Waals surface area contributed by atoms with Gasteiger partial charge in [-0.2, -0.15) is 0 Å². The van der Waals surface area contributed by atoms with Gasteiger partial charge in [-0.05, 0) is 47.5 Å². The molecule has 0 unspecified atom stereocenters. The Hall–Kier alpha value is -4.13. The molecule has 0 radical (unpaired) electrons. The van der Waals surface area contributed by atoms with Crippen molar-refractivity contribution in [2.75, 3.05) is 12.4 Å². The maximum Gasteiger partial charge on any atom is 0.308 e. The van der Waals surface area contributed by atoms with Crippen LogP contribution >= 0.6 is 0 Å². The first-order valence-electron chi connectivity index (χ1n) is 10.0. The molecule has 0 fully saturated rings. The number of hydrogen-bond acceptors (Lipinski definition) is 5. The Labute approximate surface area is 186 Å². The Morgan fingerprint density at radius 1 is 0.875 bits per heavy atom. The van der Waals surface area contributed by atoms with Gasteiger partial charge in [0.25, 0.3) is 5.91 Å². The summed E-state index contributed by atoms with van der Waals surface area (Å²) in [6, 6.07) is 20.9. The molecule has 164 valence electrons. The summed E-state index contributed by atoms with van der Waals surface area (Å²) in [7, 11) is 1.59. The van der Waals surface area contributed by atoms with Crippen molar-refractivity contribution >= 4 is 23.5 Å². The Balaban J connectivity index is 1.62. The number of hydrogen-bond donors (Lipinski definition) is 2. The van der Waals surface area contributed by atoms with Crippen LogP contribution in [0.15, 0.2) is 72.8 Å². The van der Waals surface area contributed by atoms with E-state index in [2.05, 4.69) is 10.6 Å². The van der Waals surface area contributed by atoms with Crippen molar-refractivity contribution in [2.24, 2.45) is 0 Å². The summed E-state index contributed by atoms with van der Waals surface area (Å²) in [5, 5.41) is 5.73. The van der Waals surface area contributed by atoms with E-state index in [1.54, 1.807) is 37.4 Å². The topological polar surface area (TPSA) is 93.7 Å². The normalized spacial score (nSPS) is 10.2. The molecule has 0 aliphatic heterocycles. The van der Waals surface area contributed by atoms with Gasteiger partial charge in [-0.15, -0.1) is 0 Å². The molecule has 0 aromatic heterocycles. The van der Waals surface area contributed by atoms with Gasteiger partial charge in [0.05, 0.1) is 13.5 Å². The van der Waals surface area contributed by atoms with Crippen LogP contribution in [0.5, 0.6) is 11.5 Å². The van der Waals surface area contributed by atoms with Gasteiger partial charge in [-0.1, -0.05) is 36.4 Å². The molecule has 2 amide bonds. The number of amides is 2. The Morgan fingerprint density at radius 2 is 1.62 bits per heavy atom. The van der Waals surface area contributed by atoms with E-state index in [4.69, 9.17) is 9.47 Å². The van der Waals surface area contributed by atoms with Crippen LogP contribution in [0.25, 0.3) is 0 Å². The molecule has 0 bridgehead atoms. The van der Waals surface area contributed by atoms with Crippen LogP contribution in [-0.2, 0) is 22.6 Å². The zero-order valence-electron chi connectivity index (χ0n) is 17.9. The molecule has 3 aromatic rings. The average Bonchev–Trinajstić information content (AvgIpc) is 2.79. The van der Waals surface area contributed by atoms with Crippen molar-refractivity contribution in [3.63, 3.8) is 0 Å². The number of carbonyl (C=O) groups is 3. The molecule has 0 aliphatic carbocycles. The summed E-state index contributed by atoms with van der Waals surface area (Å²) in [4.78, 5) is 36.2. The van der Waals surface area contributed by atoms with Gasteiger partial charge in [0.2, 0.25) is 5.91 Å². The lowest BCUT2D eigenvalue weighted by molar-refractivity contribution is -0.131. The second-order valence-electron chi connectivity index (χ2n) is 7.03. The summed E-state index contributed by atoms with van der Waals surface area (Å²) in [6.45, 7) is 1.56. The zero-order valence-corrected chi connectivity index (χ0v) is 17.9. The second-order valence-corrected chi connectivity index (χ2v) is 7.03. The molecular weight excluding hydrogens is 408 g/mol. The smallest absolute Gasteiger partial charge is 0.308 e. The lowest BCUT2D eigenvalue weighted by Gasteiger charge is -2.13. The van der Waals surface area contributed by atoms with Crippen LogP contribution in [0.2, 0.25) is 0 Å². The first-order chi connectivity index (χ1) is 15.4. The number of anilines is 1. The fourth-order valence-corrected chi connectivity index (χ4v) is 3.04. The average molecular weight is 432 g/mol. The monoisotopic (exact) mass is 432 g/mol. The van der Waals surface area contributed by atoms with E-state index in [0.29, 0.717) is 17.0 Å². The number of para-hydroxylation sites is 1. The number of benzene rings is 3. The Bertz CT molecular complexity index is 1110. The first kappa shape index (κ1) is 22.6. The minimum atomic E-state index is -0.460. The third kappa shape index (κ3) is 6.43. The highest BCUT2D eigenvalue weighted by Gasteiger charge is 2.12. The van der Waals surface area contributed by atoms with Crippen molar-refractivity contribution < 1.29 is 23.9 Å². The Morgan fingerprint density at radius 3 is 2.34 bits per heavy atom. The number of esters is 1. The predicted octanol–water partition coefficient (Wildman–Crippen LogP) is 3.73. The predicted molar refractivity (Wildman–Crippen MR) is 121 cm³/mol. The molecule has 0 aliphatic rings. The maximum absolute atomic E-state index is 12.7. The molecule has 3 aromatic carbocycles. The lowest BCUT2D eigenvalue weighted by atomic mass is 10.1. The SMILES string of the molecule is COc1ccc(CC(=O)NCc2ccccc2NC(=O)c2cccc(OC(C)=O)c2)cc1. The minimum Gasteiger partial charge on any atom is -0.497 e. The van der Waals surface area contributed by atoms with Crippen LogP contribution in [0.3, 0.4) is 0 Å². The minimum absolute atomic E-state index is 0.134. The van der Waals surface area contributed by atoms with Gasteiger partial charge in [-0.3, -0.25) is 14.4 Å². The fourth-order valence-electron chi connectivity index (χ4n) is 3.04. The van der Waals surface area contributed by atoms with Gasteiger partial charge in [0.15, 0.2) is 0 Å². The quantitative estimate of drug-likeness (QED) is 0.418. The third-order valence-corrected chi connectivity index (χ3v) is 4.62. The van der Waals surface area contributed by atoms with E-state index < -0.39 is 5.97 Å². The van der Waals surface area contributed by atoms with Crippen molar-refractivity contribution in [1.82, 2.24) is 5.32 Å². The van der Waals surface area contributed by atoms with E-state index >= 15 is 0 Å². The van der Waals surface area contributed by atoms with Gasteiger partial charge in [0.1, 0.15) is 11.5 Å². The van der Waals surface area contributed by atoms with Crippen molar-refractivity contribution in [3.05, 3.63) is 89.5 Å². The van der Waals surface area contributed by atoms with Crippen LogP contribution in [-0.4, -0.2) is 24.9 Å². The number of carbonyl (C=O) groups excluding carboxylic acids is 3. The first-order valence-corrected chi connectivity index (χ1v) is 10.0. The number of rotatable bonds is 8. The van der Waals surface area contributed by atoms with Gasteiger partial charge < -0.3 is 20.1 Å². The van der Waals surface area contributed by atoms with Gasteiger partial charge in [-0.25, -0.2) is 0 Å². The van der Waals surface area contributed by atoms with Crippen LogP contribution in [0.1, 0.15) is 28.4 Å². The molecule has 7 heteroatoms. The van der Waals surface area contributed by atoms with Crippen molar-refractivity contribution in [1.29, 1.82) is 0 Å². The van der Waals surface area contributed by atoms with Gasteiger partial charge in [0, 0.05) is 24.7 Å². The number of methoxy groups -OCH3 is 1. The molecule has 0 spiro atoms. The van der Waals surface area contributed by atoms with E-state index in [1.165, 1.54) is 13.0 Å². The van der Waals surface area contributed by atoms with E-state index in [-0.39, 0.29) is 24.8 Å². The Kier molecular flexibility index (Phi) is 7.59. The lowest BCUT2D eigenvalue weighted by Crippen LogP contribution is -2.25. The molecule has 0 saturated carbocycles. The summed E-state index contributed by atoms with van der Waals surface area (Å²) < 4.78 is 10.2. The molecular formula is C25H24N2O5. The molecule has 2 N–H and O–H groups in total. The van der Waals surface area contributed by atoms with E-state index in [0.717, 1.165) is 16.9 Å². The molecule has 0 saturated heterocycles. The van der Waals surface area contributed by atoms with E-state index in [9.17, 15) is 14.4 Å². The second kappa shape index (κ2) is 10.8. The largest absolute Gasteiger partial charge is 0.497 e. The summed E-state index contributed by atoms with van der Waals surface area (Å²) in [5.74, 6) is 0.0844. The molecule has 0 heterocycles. The number of ether oxygens (including phenoxy) is 2. The van der Waals surface area contributed by atoms with Crippen molar-refractivity contribution in [2.45, 2.75) is 19.9 Å². The van der Waals surface area contributed by atoms with Crippen LogP contribution < -0.4 is 20.1 Å². The standard InChI is InChI=1S/C25H24N2O5/c1-17(28)32-22-8-5-7-19(15-22)25(30)27-23-9-4-3-6-20(23)16-26-24(29)14-18-10-12-21(31-2)13-11-18/h3-13,15H,14,16H2,1-2H3,(H,26,29)(H,27,30). The highest BCUT2D eigenvalue weighted by atomic mass is 16.5. The van der Waals surface area contributed by atoms with Crippen LogP contribution in [0.4, 0.5) is 5.69 Å². The van der Waals surface area contributed by atoms with Crippen LogP contribution in [0, 0.1) is 0 Å². The molecule has 32 heavy (non-hydrogen) atoms. The maximum atomic E-state index is 12.7. The fraction of sp³-hybridized carbons (Fsp3) is 0.160. The molecule has 3 rings (SSSR count).